The first-order valence-corrected chi connectivity index (χ1v) is 10.4. The molecule has 4 heteroatoms. The van der Waals surface area contributed by atoms with Crippen LogP contribution in [-0.4, -0.2) is 45.8 Å². The van der Waals surface area contributed by atoms with Gasteiger partial charge in [0.15, 0.2) is 0 Å². The van der Waals surface area contributed by atoms with Gasteiger partial charge >= 0.3 is 0 Å². The number of aliphatic hydroxyl groups is 4. The summed E-state index contributed by atoms with van der Waals surface area (Å²) in [5, 5.41) is 37.6. The Hall–Kier alpha value is -0.160. The van der Waals surface area contributed by atoms with E-state index in [4.69, 9.17) is 10.2 Å². The van der Waals surface area contributed by atoms with Crippen LogP contribution >= 0.6 is 0 Å². The third kappa shape index (κ3) is 12.0. The monoisotopic (exact) mass is 362 g/mol. The van der Waals surface area contributed by atoms with Gasteiger partial charge in [0.05, 0.1) is 18.8 Å². The van der Waals surface area contributed by atoms with Crippen LogP contribution in [0.3, 0.4) is 0 Å². The highest BCUT2D eigenvalue weighted by atomic mass is 16.3. The van der Waals surface area contributed by atoms with Crippen molar-refractivity contribution in [3.63, 3.8) is 0 Å². The molecule has 0 aromatic rings. The van der Waals surface area contributed by atoms with Gasteiger partial charge in [-0.1, -0.05) is 73.1 Å². The van der Waals surface area contributed by atoms with Gasteiger partial charge in [0.25, 0.3) is 0 Å². The van der Waals surface area contributed by atoms with E-state index in [9.17, 15) is 10.2 Å². The molecule has 0 aromatic heterocycles. The van der Waals surface area contributed by atoms with Crippen molar-refractivity contribution in [3.8, 4) is 0 Å². The molecule has 0 rings (SSSR count). The second-order valence-corrected chi connectivity index (χ2v) is 7.81. The smallest absolute Gasteiger partial charge is 0.0697 e. The van der Waals surface area contributed by atoms with Crippen molar-refractivity contribution in [2.75, 3.05) is 19.8 Å². The molecule has 1 unspecified atom stereocenters. The van der Waals surface area contributed by atoms with Crippen molar-refractivity contribution in [1.29, 1.82) is 0 Å². The maximum atomic E-state index is 10.8. The molecule has 0 spiro atoms. The summed E-state index contributed by atoms with van der Waals surface area (Å²) >= 11 is 0. The third-order valence-electron chi connectivity index (χ3n) is 5.43. The molecule has 0 fully saturated rings. The Morgan fingerprint density at radius 3 is 1.44 bits per heavy atom. The lowest BCUT2D eigenvalue weighted by Crippen LogP contribution is -2.40. The molecular formula is C21H46O4. The standard InChI is InChI=1S/C15H32O2.C6H14O2/c1-4-7-10-14(13-16)15(17,11-8-5-2)12-9-6-3;1-3-6(2,4-7)5-8/h14,16-17H,4-13H2,1-3H3;7-8H,3-5H2,1-2H3. The van der Waals surface area contributed by atoms with Gasteiger partial charge in [0, 0.05) is 17.9 Å². The van der Waals surface area contributed by atoms with Crippen molar-refractivity contribution >= 4 is 0 Å². The fraction of sp³-hybridized carbons (Fsp3) is 1.00. The minimum atomic E-state index is -0.629. The van der Waals surface area contributed by atoms with E-state index < -0.39 is 5.60 Å². The molecule has 0 saturated heterocycles. The summed E-state index contributed by atoms with van der Waals surface area (Å²) < 4.78 is 0. The first-order valence-electron chi connectivity index (χ1n) is 10.4. The lowest BCUT2D eigenvalue weighted by atomic mass is 9.77. The van der Waals surface area contributed by atoms with Crippen LogP contribution in [-0.2, 0) is 0 Å². The second-order valence-electron chi connectivity index (χ2n) is 7.81. The molecule has 0 aromatic carbocycles. The summed E-state index contributed by atoms with van der Waals surface area (Å²) in [6.45, 7) is 10.5. The fourth-order valence-corrected chi connectivity index (χ4v) is 2.75. The van der Waals surface area contributed by atoms with Crippen LogP contribution in [0.15, 0.2) is 0 Å². The minimum absolute atomic E-state index is 0.0694. The molecule has 25 heavy (non-hydrogen) atoms. The number of rotatable bonds is 14. The molecular weight excluding hydrogens is 316 g/mol. The quantitative estimate of drug-likeness (QED) is 0.372. The van der Waals surface area contributed by atoms with Gasteiger partial charge < -0.3 is 20.4 Å². The largest absolute Gasteiger partial charge is 0.396 e. The number of aliphatic hydroxyl groups excluding tert-OH is 3. The summed E-state index contributed by atoms with van der Waals surface area (Å²) in [5.41, 5.74) is -0.893. The first-order chi connectivity index (χ1) is 11.8. The number of hydrogen-bond acceptors (Lipinski definition) is 4. The van der Waals surface area contributed by atoms with Gasteiger partial charge in [-0.3, -0.25) is 0 Å². The number of unbranched alkanes of at least 4 members (excludes halogenated alkanes) is 3. The highest BCUT2D eigenvalue weighted by molar-refractivity contribution is 4.86. The maximum Gasteiger partial charge on any atom is 0.0697 e. The van der Waals surface area contributed by atoms with Gasteiger partial charge in [-0.15, -0.1) is 0 Å². The van der Waals surface area contributed by atoms with E-state index >= 15 is 0 Å². The van der Waals surface area contributed by atoms with Gasteiger partial charge in [0.2, 0.25) is 0 Å². The molecule has 0 aliphatic rings. The summed E-state index contributed by atoms with van der Waals surface area (Å²) in [6.07, 6.45) is 10.0. The van der Waals surface area contributed by atoms with Crippen molar-refractivity contribution in [3.05, 3.63) is 0 Å². The van der Waals surface area contributed by atoms with Crippen LogP contribution in [0.1, 0.15) is 98.8 Å². The van der Waals surface area contributed by atoms with Gasteiger partial charge in [-0.05, 0) is 25.7 Å². The normalized spacial score (nSPS) is 13.3. The molecule has 0 heterocycles. The zero-order chi connectivity index (χ0) is 19.8. The average Bonchev–Trinajstić information content (AvgIpc) is 2.65. The van der Waals surface area contributed by atoms with Crippen LogP contribution in [0.25, 0.3) is 0 Å². The summed E-state index contributed by atoms with van der Waals surface area (Å²) in [5.74, 6) is 0.0700. The van der Waals surface area contributed by atoms with Gasteiger partial charge in [0.1, 0.15) is 0 Å². The Balaban J connectivity index is 0. The molecule has 0 bridgehead atoms. The molecule has 4 N–H and O–H groups in total. The van der Waals surface area contributed by atoms with E-state index in [1.54, 1.807) is 0 Å². The molecule has 1 atom stereocenters. The van der Waals surface area contributed by atoms with Crippen molar-refractivity contribution in [2.45, 2.75) is 104 Å². The van der Waals surface area contributed by atoms with Crippen LogP contribution in [0.5, 0.6) is 0 Å². The van der Waals surface area contributed by atoms with E-state index in [-0.39, 0.29) is 31.2 Å². The van der Waals surface area contributed by atoms with E-state index in [1.165, 1.54) is 0 Å². The Kier molecular flexibility index (Phi) is 17.4. The van der Waals surface area contributed by atoms with Crippen molar-refractivity contribution in [2.24, 2.45) is 11.3 Å². The molecule has 0 radical (unpaired) electrons. The highest BCUT2D eigenvalue weighted by Gasteiger charge is 2.34. The maximum absolute atomic E-state index is 10.8. The Bertz CT molecular complexity index is 261. The molecule has 0 aliphatic carbocycles. The summed E-state index contributed by atoms with van der Waals surface area (Å²) in [6, 6.07) is 0. The number of hydrogen-bond donors (Lipinski definition) is 4. The van der Waals surface area contributed by atoms with Crippen LogP contribution in [0, 0.1) is 11.3 Å². The van der Waals surface area contributed by atoms with E-state index in [1.807, 2.05) is 13.8 Å². The molecule has 0 saturated carbocycles. The fourth-order valence-electron chi connectivity index (χ4n) is 2.75. The van der Waals surface area contributed by atoms with E-state index in [0.717, 1.165) is 64.2 Å². The van der Waals surface area contributed by atoms with Crippen LogP contribution in [0.2, 0.25) is 0 Å². The Labute approximate surface area is 156 Å². The van der Waals surface area contributed by atoms with Crippen LogP contribution < -0.4 is 0 Å². The lowest BCUT2D eigenvalue weighted by molar-refractivity contribution is -0.0594. The molecule has 0 amide bonds. The average molecular weight is 363 g/mol. The van der Waals surface area contributed by atoms with Crippen LogP contribution in [0.4, 0.5) is 0 Å². The first kappa shape index (κ1) is 27.1. The lowest BCUT2D eigenvalue weighted by Gasteiger charge is -2.36. The predicted molar refractivity (Wildman–Crippen MR) is 107 cm³/mol. The zero-order valence-corrected chi connectivity index (χ0v) is 17.6. The Morgan fingerprint density at radius 2 is 1.20 bits per heavy atom. The van der Waals surface area contributed by atoms with Gasteiger partial charge in [-0.2, -0.15) is 0 Å². The summed E-state index contributed by atoms with van der Waals surface area (Å²) in [4.78, 5) is 0. The van der Waals surface area contributed by atoms with Crippen molar-refractivity contribution in [1.82, 2.24) is 0 Å². The third-order valence-corrected chi connectivity index (χ3v) is 5.43. The van der Waals surface area contributed by atoms with E-state index in [2.05, 4.69) is 20.8 Å². The summed E-state index contributed by atoms with van der Waals surface area (Å²) in [7, 11) is 0. The topological polar surface area (TPSA) is 80.9 Å². The molecule has 154 valence electrons. The van der Waals surface area contributed by atoms with Gasteiger partial charge in [-0.25, -0.2) is 0 Å². The highest BCUT2D eigenvalue weighted by Crippen LogP contribution is 2.32. The molecule has 0 aliphatic heterocycles. The SMILES string of the molecule is CCC(C)(CO)CO.CCCCC(CO)C(O)(CCCC)CCCC. The predicted octanol–water partition coefficient (Wildman–Crippen LogP) is 4.28. The zero-order valence-electron chi connectivity index (χ0n) is 17.6. The van der Waals surface area contributed by atoms with Crippen molar-refractivity contribution < 1.29 is 20.4 Å². The van der Waals surface area contributed by atoms with E-state index in [0.29, 0.717) is 0 Å². The second kappa shape index (κ2) is 16.0. The Morgan fingerprint density at radius 1 is 0.760 bits per heavy atom. The molecule has 4 nitrogen and oxygen atoms in total. The minimum Gasteiger partial charge on any atom is -0.396 e.